The van der Waals surface area contributed by atoms with Gasteiger partial charge in [-0.25, -0.2) is 4.39 Å². The third-order valence-electron chi connectivity index (χ3n) is 4.87. The first-order valence-corrected chi connectivity index (χ1v) is 8.84. The summed E-state index contributed by atoms with van der Waals surface area (Å²) in [7, 11) is 3.63. The Hall–Kier alpha value is -2.77. The Labute approximate surface area is 157 Å². The fourth-order valence-electron chi connectivity index (χ4n) is 3.23. The van der Waals surface area contributed by atoms with Gasteiger partial charge in [-0.3, -0.25) is 4.90 Å². The van der Waals surface area contributed by atoms with Crippen molar-refractivity contribution in [3.8, 4) is 28.3 Å². The molecule has 0 aliphatic carbocycles. The highest BCUT2D eigenvalue weighted by Crippen LogP contribution is 2.29. The quantitative estimate of drug-likeness (QED) is 0.763. The van der Waals surface area contributed by atoms with Crippen LogP contribution in [0.2, 0.25) is 0 Å². The molecule has 0 amide bonds. The first kappa shape index (κ1) is 17.6. The molecule has 1 aromatic heterocycles. The molecule has 0 radical (unpaired) electrons. The Morgan fingerprint density at radius 2 is 1.96 bits per heavy atom. The largest absolute Gasteiger partial charge is 0.497 e. The van der Waals surface area contributed by atoms with Crippen LogP contribution in [0.4, 0.5) is 4.39 Å². The number of hydrogen-bond donors (Lipinski definition) is 1. The number of rotatable bonds is 4. The van der Waals surface area contributed by atoms with Crippen LogP contribution < -0.4 is 10.1 Å². The van der Waals surface area contributed by atoms with Crippen LogP contribution in [-0.2, 0) is 0 Å². The van der Waals surface area contributed by atoms with E-state index in [4.69, 9.17) is 9.26 Å². The highest BCUT2D eigenvalue weighted by Gasteiger charge is 2.26. The molecule has 7 heteroatoms. The van der Waals surface area contributed by atoms with Gasteiger partial charge in [0.15, 0.2) is 5.82 Å². The highest BCUT2D eigenvalue weighted by atomic mass is 19.1. The number of halogens is 1. The second-order valence-electron chi connectivity index (χ2n) is 6.58. The zero-order chi connectivity index (χ0) is 18.8. The van der Waals surface area contributed by atoms with Gasteiger partial charge in [-0.2, -0.15) is 4.98 Å². The van der Waals surface area contributed by atoms with Gasteiger partial charge in [-0.05, 0) is 42.4 Å². The number of ether oxygens (including phenoxy) is 1. The average molecular weight is 368 g/mol. The van der Waals surface area contributed by atoms with E-state index >= 15 is 0 Å². The van der Waals surface area contributed by atoms with Crippen LogP contribution >= 0.6 is 0 Å². The van der Waals surface area contributed by atoms with Crippen molar-refractivity contribution >= 4 is 0 Å². The van der Waals surface area contributed by atoms with Crippen molar-refractivity contribution in [1.29, 1.82) is 0 Å². The maximum absolute atomic E-state index is 14.7. The van der Waals surface area contributed by atoms with E-state index in [2.05, 4.69) is 20.4 Å². The number of aromatic nitrogens is 2. The van der Waals surface area contributed by atoms with E-state index < -0.39 is 5.82 Å². The number of hydrogen-bond acceptors (Lipinski definition) is 6. The summed E-state index contributed by atoms with van der Waals surface area (Å²) in [6, 6.07) is 12.5. The molecule has 1 saturated heterocycles. The summed E-state index contributed by atoms with van der Waals surface area (Å²) in [5.74, 6) is 1.13. The third kappa shape index (κ3) is 3.56. The molecule has 1 fully saturated rings. The highest BCUT2D eigenvalue weighted by molar-refractivity contribution is 5.68. The maximum Gasteiger partial charge on any atom is 0.260 e. The van der Waals surface area contributed by atoms with Crippen LogP contribution in [-0.4, -0.2) is 48.8 Å². The van der Waals surface area contributed by atoms with Gasteiger partial charge in [-0.15, -0.1) is 0 Å². The van der Waals surface area contributed by atoms with Crippen molar-refractivity contribution in [3.05, 3.63) is 54.1 Å². The van der Waals surface area contributed by atoms with Crippen LogP contribution in [0.5, 0.6) is 5.75 Å². The van der Waals surface area contributed by atoms with Crippen molar-refractivity contribution in [2.45, 2.75) is 6.04 Å². The summed E-state index contributed by atoms with van der Waals surface area (Å²) in [6.07, 6.45) is 0. The molecule has 1 N–H and O–H groups in total. The zero-order valence-corrected chi connectivity index (χ0v) is 15.3. The van der Waals surface area contributed by atoms with E-state index in [0.717, 1.165) is 36.5 Å². The molecule has 1 aliphatic rings. The summed E-state index contributed by atoms with van der Waals surface area (Å²) in [5, 5.41) is 7.37. The molecule has 6 nitrogen and oxygen atoms in total. The summed E-state index contributed by atoms with van der Waals surface area (Å²) in [5.41, 5.74) is 1.98. The Kier molecular flexibility index (Phi) is 4.87. The molecule has 27 heavy (non-hydrogen) atoms. The number of likely N-dealkylation sites (N-methyl/N-ethyl adjacent to an activating group) is 1. The molecule has 0 bridgehead atoms. The van der Waals surface area contributed by atoms with Gasteiger partial charge in [-0.1, -0.05) is 23.4 Å². The molecular weight excluding hydrogens is 347 g/mol. The fraction of sp³-hybridized carbons (Fsp3) is 0.300. The van der Waals surface area contributed by atoms with Crippen LogP contribution in [0.3, 0.4) is 0 Å². The lowest BCUT2D eigenvalue weighted by molar-refractivity contribution is 0.190. The zero-order valence-electron chi connectivity index (χ0n) is 15.3. The molecule has 2 aromatic carbocycles. The molecule has 4 rings (SSSR count). The van der Waals surface area contributed by atoms with Crippen molar-refractivity contribution < 1.29 is 13.7 Å². The number of nitrogens with one attached hydrogen (secondary N) is 1. The molecule has 1 aliphatic heterocycles. The Bertz CT molecular complexity index is 926. The van der Waals surface area contributed by atoms with E-state index in [1.165, 1.54) is 6.07 Å². The minimum Gasteiger partial charge on any atom is -0.497 e. The van der Waals surface area contributed by atoms with Gasteiger partial charge in [0, 0.05) is 19.6 Å². The van der Waals surface area contributed by atoms with Crippen LogP contribution in [0.1, 0.15) is 11.9 Å². The lowest BCUT2D eigenvalue weighted by Crippen LogP contribution is -2.44. The van der Waals surface area contributed by atoms with Crippen molar-refractivity contribution in [1.82, 2.24) is 20.4 Å². The lowest BCUT2D eigenvalue weighted by Gasteiger charge is -2.30. The Morgan fingerprint density at radius 1 is 1.19 bits per heavy atom. The minimum absolute atomic E-state index is 0.0258. The van der Waals surface area contributed by atoms with Crippen molar-refractivity contribution in [3.63, 3.8) is 0 Å². The second kappa shape index (κ2) is 7.46. The molecular formula is C20H21FN4O2. The second-order valence-corrected chi connectivity index (χ2v) is 6.58. The minimum atomic E-state index is -0.395. The van der Waals surface area contributed by atoms with Crippen LogP contribution in [0, 0.1) is 5.82 Å². The smallest absolute Gasteiger partial charge is 0.260 e. The van der Waals surface area contributed by atoms with E-state index in [1.54, 1.807) is 13.2 Å². The summed E-state index contributed by atoms with van der Waals surface area (Å²) in [6.45, 7) is 2.58. The maximum atomic E-state index is 14.7. The molecule has 1 atom stereocenters. The summed E-state index contributed by atoms with van der Waals surface area (Å²) < 4.78 is 25.2. The molecule has 1 unspecified atom stereocenters. The van der Waals surface area contributed by atoms with E-state index in [9.17, 15) is 4.39 Å². The molecule has 0 spiro atoms. The van der Waals surface area contributed by atoms with Gasteiger partial charge < -0.3 is 14.6 Å². The van der Waals surface area contributed by atoms with Gasteiger partial charge >= 0.3 is 0 Å². The van der Waals surface area contributed by atoms with Crippen LogP contribution in [0.25, 0.3) is 22.6 Å². The first-order valence-electron chi connectivity index (χ1n) is 8.84. The van der Waals surface area contributed by atoms with Gasteiger partial charge in [0.25, 0.3) is 5.89 Å². The Balaban J connectivity index is 1.59. The van der Waals surface area contributed by atoms with Crippen molar-refractivity contribution in [2.75, 3.05) is 33.8 Å². The molecule has 3 aromatic rings. The Morgan fingerprint density at radius 3 is 2.67 bits per heavy atom. The molecule has 2 heterocycles. The standard InChI is InChI=1S/C20H21FN4O2/c1-25-10-9-22-12-18(25)19-23-20(27-24-19)16-8-5-14(11-17(16)21)13-3-6-15(26-2)7-4-13/h3-8,11,18,22H,9-10,12H2,1-2H3. The van der Waals surface area contributed by atoms with E-state index in [0.29, 0.717) is 11.4 Å². The lowest BCUT2D eigenvalue weighted by atomic mass is 10.0. The summed E-state index contributed by atoms with van der Waals surface area (Å²) >= 11 is 0. The van der Waals surface area contributed by atoms with Crippen molar-refractivity contribution in [2.24, 2.45) is 0 Å². The molecule has 140 valence electrons. The topological polar surface area (TPSA) is 63.4 Å². The van der Waals surface area contributed by atoms with E-state index in [-0.39, 0.29) is 11.9 Å². The number of nitrogens with zero attached hydrogens (tertiary/aromatic N) is 3. The van der Waals surface area contributed by atoms with Gasteiger partial charge in [0.2, 0.25) is 0 Å². The first-order chi connectivity index (χ1) is 13.2. The normalized spacial score (nSPS) is 17.8. The number of methoxy groups -OCH3 is 1. The number of piperazine rings is 1. The van der Waals surface area contributed by atoms with Gasteiger partial charge in [0.1, 0.15) is 11.6 Å². The van der Waals surface area contributed by atoms with Crippen LogP contribution in [0.15, 0.2) is 47.0 Å². The third-order valence-corrected chi connectivity index (χ3v) is 4.87. The predicted octanol–water partition coefficient (Wildman–Crippen LogP) is 3.13. The van der Waals surface area contributed by atoms with E-state index in [1.807, 2.05) is 37.4 Å². The predicted molar refractivity (Wildman–Crippen MR) is 99.9 cm³/mol. The average Bonchev–Trinajstić information content (AvgIpc) is 3.18. The van der Waals surface area contributed by atoms with Gasteiger partial charge in [0.05, 0.1) is 18.7 Å². The number of benzene rings is 2. The summed E-state index contributed by atoms with van der Waals surface area (Å²) in [4.78, 5) is 6.59. The fourth-order valence-corrected chi connectivity index (χ4v) is 3.23. The molecule has 0 saturated carbocycles. The SMILES string of the molecule is COc1ccc(-c2ccc(-c3nc(C4CNCCN4C)no3)c(F)c2)cc1. The monoisotopic (exact) mass is 368 g/mol.